The molecule has 1 aliphatic carbocycles. The summed E-state index contributed by atoms with van der Waals surface area (Å²) >= 11 is 3.10. The van der Waals surface area contributed by atoms with Crippen molar-refractivity contribution >= 4 is 15.9 Å². The fourth-order valence-corrected chi connectivity index (χ4v) is 1.63. The highest BCUT2D eigenvalue weighted by Gasteiger charge is 2.31. The maximum atomic E-state index is 12.0. The van der Waals surface area contributed by atoms with Gasteiger partial charge in [0.2, 0.25) is 0 Å². The van der Waals surface area contributed by atoms with Crippen molar-refractivity contribution in [3.8, 4) is 11.5 Å². The zero-order valence-electron chi connectivity index (χ0n) is 8.05. The normalized spacial score (nSPS) is 16.0. The summed E-state index contributed by atoms with van der Waals surface area (Å²) in [7, 11) is 0. The van der Waals surface area contributed by atoms with Crippen LogP contribution in [-0.4, -0.2) is 12.5 Å². The van der Waals surface area contributed by atoms with Crippen LogP contribution >= 0.6 is 15.9 Å². The zero-order valence-corrected chi connectivity index (χ0v) is 9.64. The molecule has 0 N–H and O–H groups in total. The smallest absolute Gasteiger partial charge is 0.490 e. The van der Waals surface area contributed by atoms with Crippen molar-refractivity contribution in [3.05, 3.63) is 22.7 Å². The minimum Gasteiger partial charge on any atom is -0.490 e. The maximum absolute atomic E-state index is 12.0. The third-order valence-corrected chi connectivity index (χ3v) is 2.36. The average Bonchev–Trinajstić information content (AvgIpc) is 2.82. The van der Waals surface area contributed by atoms with Crippen molar-refractivity contribution in [2.75, 3.05) is 0 Å². The zero-order chi connectivity index (χ0) is 11.8. The van der Waals surface area contributed by atoms with Gasteiger partial charge in [-0.2, -0.15) is 0 Å². The molecule has 2 nitrogen and oxygen atoms in total. The van der Waals surface area contributed by atoms with Crippen molar-refractivity contribution in [1.29, 1.82) is 0 Å². The Labute approximate surface area is 98.5 Å². The van der Waals surface area contributed by atoms with Crippen molar-refractivity contribution in [2.45, 2.75) is 25.3 Å². The lowest BCUT2D eigenvalue weighted by Gasteiger charge is -2.11. The monoisotopic (exact) mass is 296 g/mol. The fourth-order valence-electron chi connectivity index (χ4n) is 1.18. The van der Waals surface area contributed by atoms with Crippen LogP contribution in [0.15, 0.2) is 22.7 Å². The molecule has 0 unspecified atom stereocenters. The topological polar surface area (TPSA) is 18.5 Å². The number of hydrogen-bond donors (Lipinski definition) is 0. The molecule has 0 radical (unpaired) electrons. The number of hydrogen-bond acceptors (Lipinski definition) is 2. The lowest BCUT2D eigenvalue weighted by molar-refractivity contribution is -0.274. The van der Waals surface area contributed by atoms with E-state index in [9.17, 15) is 13.2 Å². The summed E-state index contributed by atoms with van der Waals surface area (Å²) in [5.41, 5.74) is 0. The molecule has 1 aromatic rings. The Morgan fingerprint density at radius 1 is 1.12 bits per heavy atom. The van der Waals surface area contributed by atoms with Gasteiger partial charge in [0.05, 0.1) is 6.10 Å². The van der Waals surface area contributed by atoms with Gasteiger partial charge >= 0.3 is 6.36 Å². The second-order valence-electron chi connectivity index (χ2n) is 3.49. The fraction of sp³-hybridized carbons (Fsp3) is 0.400. The largest absolute Gasteiger partial charge is 0.573 e. The third kappa shape index (κ3) is 3.59. The number of ether oxygens (including phenoxy) is 2. The SMILES string of the molecule is FC(F)(F)Oc1cc(Br)cc(OC2CC2)c1. The van der Waals surface area contributed by atoms with Crippen molar-refractivity contribution in [3.63, 3.8) is 0 Å². The number of benzene rings is 1. The molecule has 88 valence electrons. The first-order chi connectivity index (χ1) is 7.42. The van der Waals surface area contributed by atoms with E-state index in [2.05, 4.69) is 20.7 Å². The predicted octanol–water partition coefficient (Wildman–Crippen LogP) is 3.89. The molecule has 0 bridgehead atoms. The van der Waals surface area contributed by atoms with E-state index in [0.717, 1.165) is 12.8 Å². The Morgan fingerprint density at radius 2 is 1.75 bits per heavy atom. The van der Waals surface area contributed by atoms with Gasteiger partial charge in [-0.05, 0) is 25.0 Å². The first kappa shape index (κ1) is 11.6. The molecule has 16 heavy (non-hydrogen) atoms. The van der Waals surface area contributed by atoms with Crippen LogP contribution in [0.2, 0.25) is 0 Å². The second kappa shape index (κ2) is 4.16. The summed E-state index contributed by atoms with van der Waals surface area (Å²) in [5.74, 6) is 0.105. The van der Waals surface area contributed by atoms with E-state index in [4.69, 9.17) is 4.74 Å². The first-order valence-electron chi connectivity index (χ1n) is 4.65. The van der Waals surface area contributed by atoms with Crippen molar-refractivity contribution in [2.24, 2.45) is 0 Å². The molecule has 2 rings (SSSR count). The van der Waals surface area contributed by atoms with Crippen LogP contribution in [0, 0.1) is 0 Å². The number of rotatable bonds is 3. The van der Waals surface area contributed by atoms with Crippen LogP contribution in [0.25, 0.3) is 0 Å². The van der Waals surface area contributed by atoms with Crippen LogP contribution in [0.4, 0.5) is 13.2 Å². The Hall–Kier alpha value is -0.910. The molecular weight excluding hydrogens is 289 g/mol. The first-order valence-corrected chi connectivity index (χ1v) is 5.45. The minimum absolute atomic E-state index is 0.132. The molecule has 1 saturated carbocycles. The van der Waals surface area contributed by atoms with Crippen LogP contribution in [0.5, 0.6) is 11.5 Å². The van der Waals surface area contributed by atoms with Gasteiger partial charge in [0.15, 0.2) is 0 Å². The van der Waals surface area contributed by atoms with E-state index >= 15 is 0 Å². The van der Waals surface area contributed by atoms with Gasteiger partial charge in [-0.3, -0.25) is 0 Å². The lowest BCUT2D eigenvalue weighted by atomic mass is 10.3. The molecule has 1 aliphatic rings. The predicted molar refractivity (Wildman–Crippen MR) is 54.5 cm³/mol. The summed E-state index contributed by atoms with van der Waals surface area (Å²) in [6, 6.07) is 4.09. The molecule has 0 aromatic heterocycles. The van der Waals surface area contributed by atoms with Crippen LogP contribution in [-0.2, 0) is 0 Å². The van der Waals surface area contributed by atoms with Crippen molar-refractivity contribution < 1.29 is 22.6 Å². The molecular formula is C10H8BrF3O2. The van der Waals surface area contributed by atoms with Crippen LogP contribution in [0.3, 0.4) is 0 Å². The van der Waals surface area contributed by atoms with Crippen molar-refractivity contribution in [1.82, 2.24) is 0 Å². The van der Waals surface area contributed by atoms with Gasteiger partial charge in [-0.1, -0.05) is 15.9 Å². The van der Waals surface area contributed by atoms with E-state index in [1.165, 1.54) is 12.1 Å². The highest BCUT2D eigenvalue weighted by Crippen LogP contribution is 2.33. The number of alkyl halides is 3. The van der Waals surface area contributed by atoms with E-state index < -0.39 is 6.36 Å². The second-order valence-corrected chi connectivity index (χ2v) is 4.40. The van der Waals surface area contributed by atoms with Crippen LogP contribution < -0.4 is 9.47 Å². The summed E-state index contributed by atoms with van der Waals surface area (Å²) < 4.78 is 45.7. The highest BCUT2D eigenvalue weighted by molar-refractivity contribution is 9.10. The lowest BCUT2D eigenvalue weighted by Crippen LogP contribution is -2.17. The molecule has 0 atom stereocenters. The Balaban J connectivity index is 2.14. The van der Waals surface area contributed by atoms with Gasteiger partial charge in [-0.25, -0.2) is 0 Å². The maximum Gasteiger partial charge on any atom is 0.573 e. The van der Waals surface area contributed by atoms with E-state index in [1.54, 1.807) is 6.07 Å². The standard InChI is InChI=1S/C10H8BrF3O2/c11-6-3-8(15-7-1-2-7)5-9(4-6)16-10(12,13)14/h3-5,7H,1-2H2. The summed E-state index contributed by atoms with van der Waals surface area (Å²) in [6.07, 6.45) is -2.66. The molecule has 0 spiro atoms. The molecule has 0 amide bonds. The number of halogens is 4. The Kier molecular flexibility index (Phi) is 3.01. The summed E-state index contributed by atoms with van der Waals surface area (Å²) in [6.45, 7) is 0. The molecule has 1 aromatic carbocycles. The van der Waals surface area contributed by atoms with E-state index in [0.29, 0.717) is 10.2 Å². The highest BCUT2D eigenvalue weighted by atomic mass is 79.9. The average molecular weight is 297 g/mol. The molecule has 0 heterocycles. The minimum atomic E-state index is -4.68. The van der Waals surface area contributed by atoms with Gasteiger partial charge in [-0.15, -0.1) is 13.2 Å². The third-order valence-electron chi connectivity index (χ3n) is 1.91. The Morgan fingerprint density at radius 3 is 2.31 bits per heavy atom. The molecule has 6 heteroatoms. The summed E-state index contributed by atoms with van der Waals surface area (Å²) in [5, 5.41) is 0. The molecule has 0 aliphatic heterocycles. The van der Waals surface area contributed by atoms with E-state index in [1.807, 2.05) is 0 Å². The molecule has 0 saturated heterocycles. The van der Waals surface area contributed by atoms with Gasteiger partial charge in [0, 0.05) is 10.5 Å². The molecule has 1 fully saturated rings. The van der Waals surface area contributed by atoms with Gasteiger partial charge < -0.3 is 9.47 Å². The van der Waals surface area contributed by atoms with E-state index in [-0.39, 0.29) is 11.9 Å². The van der Waals surface area contributed by atoms with Gasteiger partial charge in [0.1, 0.15) is 11.5 Å². The van der Waals surface area contributed by atoms with Crippen LogP contribution in [0.1, 0.15) is 12.8 Å². The van der Waals surface area contributed by atoms with Gasteiger partial charge in [0.25, 0.3) is 0 Å². The Bertz CT molecular complexity index is 388. The summed E-state index contributed by atoms with van der Waals surface area (Å²) in [4.78, 5) is 0. The quantitative estimate of drug-likeness (QED) is 0.842.